The van der Waals surface area contributed by atoms with Crippen molar-refractivity contribution in [1.29, 1.82) is 0 Å². The molecule has 2 unspecified atom stereocenters. The first kappa shape index (κ1) is 31.3. The summed E-state index contributed by atoms with van der Waals surface area (Å²) >= 11 is 4.18. The third kappa shape index (κ3) is 21.5. The van der Waals surface area contributed by atoms with Gasteiger partial charge in [-0.3, -0.25) is 0 Å². The van der Waals surface area contributed by atoms with Crippen LogP contribution < -0.4 is 5.32 Å². The highest BCUT2D eigenvalue weighted by molar-refractivity contribution is 7.80. The van der Waals surface area contributed by atoms with Crippen LogP contribution in [-0.2, 0) is 0 Å². The van der Waals surface area contributed by atoms with Gasteiger partial charge in [-0.15, -0.1) is 0 Å². The molecule has 1 heterocycles. The molecule has 2 heteroatoms. The molecule has 2 atom stereocenters. The van der Waals surface area contributed by atoms with Gasteiger partial charge in [-0.1, -0.05) is 86.6 Å². The summed E-state index contributed by atoms with van der Waals surface area (Å²) in [5.74, 6) is 0. The Morgan fingerprint density at radius 1 is 1.21 bits per heavy atom. The monoisotopic (exact) mass is 357 g/mol. The Balaban J connectivity index is -0.000000141. The van der Waals surface area contributed by atoms with E-state index in [9.17, 15) is 0 Å². The summed E-state index contributed by atoms with van der Waals surface area (Å²) in [6, 6.07) is 0.461. The maximum absolute atomic E-state index is 4.18. The molecule has 1 aliphatic heterocycles. The van der Waals surface area contributed by atoms with E-state index in [2.05, 4.69) is 57.4 Å². The highest BCUT2D eigenvalue weighted by Crippen LogP contribution is 2.19. The minimum atomic E-state index is 0.461. The molecule has 0 aromatic carbocycles. The van der Waals surface area contributed by atoms with Gasteiger partial charge >= 0.3 is 0 Å². The van der Waals surface area contributed by atoms with E-state index in [0.29, 0.717) is 11.3 Å². The van der Waals surface area contributed by atoms with Crippen LogP contribution in [0, 0.1) is 0 Å². The zero-order valence-electron chi connectivity index (χ0n) is 18.4. The van der Waals surface area contributed by atoms with Gasteiger partial charge in [-0.05, 0) is 49.6 Å². The summed E-state index contributed by atoms with van der Waals surface area (Å²) in [4.78, 5) is 0. The summed E-state index contributed by atoms with van der Waals surface area (Å²) in [5.41, 5.74) is 2.62. The molecule has 0 saturated carbocycles. The third-order valence-electron chi connectivity index (χ3n) is 2.93. The zero-order chi connectivity index (χ0) is 20.0. The van der Waals surface area contributed by atoms with Crippen LogP contribution in [0.15, 0.2) is 36.0 Å². The summed E-state index contributed by atoms with van der Waals surface area (Å²) in [7, 11) is 0. The topological polar surface area (TPSA) is 12.0 Å². The van der Waals surface area contributed by atoms with Gasteiger partial charge in [-0.25, -0.2) is 0 Å². The zero-order valence-corrected chi connectivity index (χ0v) is 19.3. The van der Waals surface area contributed by atoms with Crippen LogP contribution >= 0.6 is 12.6 Å². The average molecular weight is 358 g/mol. The van der Waals surface area contributed by atoms with E-state index < -0.39 is 0 Å². The lowest BCUT2D eigenvalue weighted by molar-refractivity contribution is 0.572. The lowest BCUT2D eigenvalue weighted by Gasteiger charge is -2.25. The van der Waals surface area contributed by atoms with Crippen molar-refractivity contribution in [3.05, 3.63) is 36.0 Å². The number of allylic oxidation sites excluding steroid dienone is 3. The summed E-state index contributed by atoms with van der Waals surface area (Å²) in [5, 5.41) is 4.00. The Labute approximate surface area is 160 Å². The van der Waals surface area contributed by atoms with Crippen LogP contribution in [0.2, 0.25) is 0 Å². The molecule has 0 aromatic rings. The van der Waals surface area contributed by atoms with Gasteiger partial charge in [0.1, 0.15) is 0 Å². The summed E-state index contributed by atoms with van der Waals surface area (Å²) in [6.45, 7) is 25.6. The maximum Gasteiger partial charge on any atom is 0.0294 e. The highest BCUT2D eigenvalue weighted by atomic mass is 32.1. The minimum Gasteiger partial charge on any atom is -0.310 e. The molecular formula is C22H47NS. The van der Waals surface area contributed by atoms with Crippen LogP contribution in [0.5, 0.6) is 0 Å². The molecule has 1 fully saturated rings. The van der Waals surface area contributed by atoms with Gasteiger partial charge in [0.25, 0.3) is 0 Å². The van der Waals surface area contributed by atoms with Gasteiger partial charge in [0.15, 0.2) is 0 Å². The summed E-state index contributed by atoms with van der Waals surface area (Å²) in [6.07, 6.45) is 9.84. The lowest BCUT2D eigenvalue weighted by Crippen LogP contribution is -2.34. The number of rotatable bonds is 3. The minimum absolute atomic E-state index is 0.461. The lowest BCUT2D eigenvalue weighted by atomic mass is 9.94. The molecule has 0 aliphatic carbocycles. The second-order valence-corrected chi connectivity index (χ2v) is 5.70. The fourth-order valence-electron chi connectivity index (χ4n) is 1.88. The van der Waals surface area contributed by atoms with Gasteiger partial charge in [0.2, 0.25) is 0 Å². The smallest absolute Gasteiger partial charge is 0.0294 e. The van der Waals surface area contributed by atoms with E-state index in [4.69, 9.17) is 0 Å². The normalized spacial score (nSPS) is 18.7. The van der Waals surface area contributed by atoms with Crippen molar-refractivity contribution in [2.75, 3.05) is 6.54 Å². The molecule has 1 rings (SSSR count). The summed E-state index contributed by atoms with van der Waals surface area (Å²) < 4.78 is 0. The average Bonchev–Trinajstić information content (AvgIpc) is 2.60. The number of piperidine rings is 1. The molecule has 1 nitrogen and oxygen atoms in total. The van der Waals surface area contributed by atoms with Crippen LogP contribution in [-0.4, -0.2) is 17.8 Å². The van der Waals surface area contributed by atoms with E-state index in [1.807, 2.05) is 54.5 Å². The van der Waals surface area contributed by atoms with Gasteiger partial charge in [-0.2, -0.15) is 12.6 Å². The second kappa shape index (κ2) is 27.4. The first-order chi connectivity index (χ1) is 11.5. The standard InChI is InChI=1S/C11H17N.C5H12S.3C2H6/c1-4-5-6-11-9(2)7-8-12-10(11)3;1-3-4-5(2)6;3*1-2/h4-6,10,12H,2,7-8H2,1,3H3;5-6H,3-4H2,1-2H3;3*1-2H3/b5-4-,11-6+;;;;. The largest absolute Gasteiger partial charge is 0.310 e. The Morgan fingerprint density at radius 3 is 2.00 bits per heavy atom. The molecule has 0 amide bonds. The van der Waals surface area contributed by atoms with Crippen molar-refractivity contribution in [1.82, 2.24) is 5.32 Å². The molecule has 0 bridgehead atoms. The Morgan fingerprint density at radius 2 is 1.71 bits per heavy atom. The molecule has 1 saturated heterocycles. The van der Waals surface area contributed by atoms with Gasteiger partial charge in [0, 0.05) is 6.04 Å². The predicted octanol–water partition coefficient (Wildman–Crippen LogP) is 7.61. The fraction of sp³-hybridized carbons (Fsp3) is 0.727. The van der Waals surface area contributed by atoms with E-state index >= 15 is 0 Å². The second-order valence-electron chi connectivity index (χ2n) is 4.81. The molecule has 1 N–H and O–H groups in total. The molecule has 1 aliphatic rings. The Bertz CT molecular complexity index is 290. The fourth-order valence-corrected chi connectivity index (χ4v) is 2.14. The Hall–Kier alpha value is -0.470. The Kier molecular flexibility index (Phi) is 35.7. The number of hydrogen-bond acceptors (Lipinski definition) is 2. The molecule has 0 spiro atoms. The van der Waals surface area contributed by atoms with Gasteiger partial charge in [0.05, 0.1) is 0 Å². The quantitative estimate of drug-likeness (QED) is 0.495. The third-order valence-corrected chi connectivity index (χ3v) is 3.18. The van der Waals surface area contributed by atoms with E-state index in [-0.39, 0.29) is 0 Å². The van der Waals surface area contributed by atoms with Crippen LogP contribution in [0.1, 0.15) is 88.5 Å². The molecule has 0 aromatic heterocycles. The molecular weight excluding hydrogens is 310 g/mol. The maximum atomic E-state index is 4.18. The number of thiol groups is 1. The van der Waals surface area contributed by atoms with Crippen LogP contribution in [0.4, 0.5) is 0 Å². The molecule has 146 valence electrons. The van der Waals surface area contributed by atoms with Crippen LogP contribution in [0.3, 0.4) is 0 Å². The molecule has 24 heavy (non-hydrogen) atoms. The first-order valence-corrected chi connectivity index (χ1v) is 10.5. The van der Waals surface area contributed by atoms with Crippen molar-refractivity contribution < 1.29 is 0 Å². The molecule has 0 radical (unpaired) electrons. The van der Waals surface area contributed by atoms with Crippen molar-refractivity contribution in [3.8, 4) is 0 Å². The number of hydrogen-bond donors (Lipinski definition) is 2. The SMILES string of the molecule is C=C1CCNC(C)/C1=C/C=C\C.CC.CC.CC.CCCC(C)S. The van der Waals surface area contributed by atoms with Crippen molar-refractivity contribution in [3.63, 3.8) is 0 Å². The van der Waals surface area contributed by atoms with Crippen molar-refractivity contribution in [2.24, 2.45) is 0 Å². The van der Waals surface area contributed by atoms with Gasteiger partial charge < -0.3 is 5.32 Å². The highest BCUT2D eigenvalue weighted by Gasteiger charge is 2.15. The number of nitrogens with one attached hydrogen (secondary N) is 1. The first-order valence-electron chi connectivity index (χ1n) is 9.95. The van der Waals surface area contributed by atoms with Crippen LogP contribution in [0.25, 0.3) is 0 Å². The van der Waals surface area contributed by atoms with Crippen molar-refractivity contribution >= 4 is 12.6 Å². The predicted molar refractivity (Wildman–Crippen MR) is 122 cm³/mol. The van der Waals surface area contributed by atoms with E-state index in [1.54, 1.807) is 0 Å². The van der Waals surface area contributed by atoms with E-state index in [1.165, 1.54) is 24.0 Å². The van der Waals surface area contributed by atoms with Crippen molar-refractivity contribution in [2.45, 2.75) is 99.8 Å². The van der Waals surface area contributed by atoms with E-state index in [0.717, 1.165) is 13.0 Å².